The molecule has 0 aromatic heterocycles. The molecule has 1 aliphatic rings. The number of carbonyl (C=O) groups excluding carboxylic acids is 2. The van der Waals surface area contributed by atoms with Crippen molar-refractivity contribution in [1.82, 2.24) is 10.2 Å². The second-order valence-electron chi connectivity index (χ2n) is 5.87. The zero-order chi connectivity index (χ0) is 15.6. The van der Waals surface area contributed by atoms with Crippen molar-refractivity contribution >= 4 is 11.8 Å². The first-order valence-electron chi connectivity index (χ1n) is 7.25. The zero-order valence-corrected chi connectivity index (χ0v) is 12.7. The highest BCUT2D eigenvalue weighted by Crippen LogP contribution is 2.27. The number of amides is 2. The summed E-state index contributed by atoms with van der Waals surface area (Å²) in [6.07, 6.45) is 0. The maximum absolute atomic E-state index is 12.5. The average molecular weight is 290 g/mol. The lowest BCUT2D eigenvalue weighted by Gasteiger charge is -2.30. The van der Waals surface area contributed by atoms with E-state index in [1.54, 1.807) is 17.9 Å². The topological polar surface area (TPSA) is 69.6 Å². The lowest BCUT2D eigenvalue weighted by atomic mass is 10.0. The number of hydrogen-bond donors (Lipinski definition) is 2. The van der Waals surface area contributed by atoms with E-state index in [1.165, 1.54) is 0 Å². The molecule has 0 radical (unpaired) electrons. The van der Waals surface area contributed by atoms with Gasteiger partial charge in [0.1, 0.15) is 6.04 Å². The fraction of sp³-hybridized carbons (Fsp3) is 0.500. The lowest BCUT2D eigenvalue weighted by Crippen LogP contribution is -2.52. The maximum Gasteiger partial charge on any atom is 0.255 e. The third-order valence-corrected chi connectivity index (χ3v) is 3.75. The molecule has 21 heavy (non-hydrogen) atoms. The van der Waals surface area contributed by atoms with Crippen LogP contribution in [0.25, 0.3) is 0 Å². The molecule has 0 fully saturated rings. The SMILES string of the molecule is CC(C)[C@@H](C(=O)N[C@@H](C)CO)N1Cc2ccccc2C1=O. The molecule has 0 bridgehead atoms. The smallest absolute Gasteiger partial charge is 0.255 e. The van der Waals surface area contributed by atoms with Gasteiger partial charge in [-0.1, -0.05) is 32.0 Å². The molecule has 1 aliphatic heterocycles. The van der Waals surface area contributed by atoms with Crippen LogP contribution in [-0.2, 0) is 11.3 Å². The number of nitrogens with zero attached hydrogens (tertiary/aromatic N) is 1. The van der Waals surface area contributed by atoms with E-state index in [-0.39, 0.29) is 30.4 Å². The van der Waals surface area contributed by atoms with Gasteiger partial charge in [-0.15, -0.1) is 0 Å². The van der Waals surface area contributed by atoms with Gasteiger partial charge in [0.05, 0.1) is 6.61 Å². The first kappa shape index (κ1) is 15.5. The quantitative estimate of drug-likeness (QED) is 0.855. The van der Waals surface area contributed by atoms with Gasteiger partial charge in [0.25, 0.3) is 5.91 Å². The number of rotatable bonds is 5. The average Bonchev–Trinajstić information content (AvgIpc) is 2.76. The Kier molecular flexibility index (Phi) is 4.63. The van der Waals surface area contributed by atoms with Crippen molar-refractivity contribution < 1.29 is 14.7 Å². The molecule has 0 saturated carbocycles. The summed E-state index contributed by atoms with van der Waals surface area (Å²) >= 11 is 0. The minimum absolute atomic E-state index is 0.00541. The normalized spacial score (nSPS) is 16.8. The molecule has 114 valence electrons. The van der Waals surface area contributed by atoms with Crippen molar-refractivity contribution in [2.24, 2.45) is 5.92 Å². The van der Waals surface area contributed by atoms with E-state index in [1.807, 2.05) is 32.0 Å². The van der Waals surface area contributed by atoms with E-state index in [4.69, 9.17) is 5.11 Å². The molecule has 5 nitrogen and oxygen atoms in total. The molecule has 0 aliphatic carbocycles. The first-order chi connectivity index (χ1) is 9.95. The van der Waals surface area contributed by atoms with Gasteiger partial charge in [0, 0.05) is 18.2 Å². The minimum atomic E-state index is -0.529. The van der Waals surface area contributed by atoms with Crippen LogP contribution in [0.15, 0.2) is 24.3 Å². The van der Waals surface area contributed by atoms with E-state index in [2.05, 4.69) is 5.32 Å². The van der Waals surface area contributed by atoms with Gasteiger partial charge in [-0.05, 0) is 24.5 Å². The second-order valence-corrected chi connectivity index (χ2v) is 5.87. The minimum Gasteiger partial charge on any atom is -0.394 e. The Labute approximate surface area is 125 Å². The second kappa shape index (κ2) is 6.26. The van der Waals surface area contributed by atoms with Crippen LogP contribution in [0.1, 0.15) is 36.7 Å². The molecule has 2 amide bonds. The number of benzene rings is 1. The summed E-state index contributed by atoms with van der Waals surface area (Å²) < 4.78 is 0. The summed E-state index contributed by atoms with van der Waals surface area (Å²) in [5, 5.41) is 11.8. The maximum atomic E-state index is 12.5. The monoisotopic (exact) mass is 290 g/mol. The van der Waals surface area contributed by atoms with Gasteiger partial charge in [-0.3, -0.25) is 9.59 Å². The van der Waals surface area contributed by atoms with Crippen LogP contribution in [0.2, 0.25) is 0 Å². The Morgan fingerprint density at radius 2 is 2.00 bits per heavy atom. The van der Waals surface area contributed by atoms with Crippen molar-refractivity contribution in [3.05, 3.63) is 35.4 Å². The van der Waals surface area contributed by atoms with Crippen molar-refractivity contribution in [1.29, 1.82) is 0 Å². The van der Waals surface area contributed by atoms with Crippen LogP contribution in [0.4, 0.5) is 0 Å². The van der Waals surface area contributed by atoms with Crippen molar-refractivity contribution in [2.75, 3.05) is 6.61 Å². The summed E-state index contributed by atoms with van der Waals surface area (Å²) in [6.45, 7) is 5.91. The number of aliphatic hydroxyl groups excluding tert-OH is 1. The molecule has 1 aromatic carbocycles. The van der Waals surface area contributed by atoms with E-state index in [0.29, 0.717) is 12.1 Å². The van der Waals surface area contributed by atoms with Gasteiger partial charge in [0.2, 0.25) is 5.91 Å². The Morgan fingerprint density at radius 1 is 1.33 bits per heavy atom. The summed E-state index contributed by atoms with van der Waals surface area (Å²) in [5.41, 5.74) is 1.63. The van der Waals surface area contributed by atoms with Crippen LogP contribution in [0, 0.1) is 5.92 Å². The molecule has 5 heteroatoms. The third-order valence-electron chi connectivity index (χ3n) is 3.75. The van der Waals surface area contributed by atoms with E-state index < -0.39 is 6.04 Å². The molecule has 2 atom stereocenters. The molecular weight excluding hydrogens is 268 g/mol. The fourth-order valence-electron chi connectivity index (χ4n) is 2.68. The predicted molar refractivity (Wildman–Crippen MR) is 79.6 cm³/mol. The largest absolute Gasteiger partial charge is 0.394 e. The number of fused-ring (bicyclic) bond motifs is 1. The highest BCUT2D eigenvalue weighted by atomic mass is 16.3. The summed E-state index contributed by atoms with van der Waals surface area (Å²) in [5.74, 6) is -0.321. The highest BCUT2D eigenvalue weighted by Gasteiger charge is 2.38. The van der Waals surface area contributed by atoms with Gasteiger partial charge < -0.3 is 15.3 Å². The Bertz CT molecular complexity index is 542. The van der Waals surface area contributed by atoms with Crippen molar-refractivity contribution in [3.8, 4) is 0 Å². The third kappa shape index (κ3) is 3.08. The van der Waals surface area contributed by atoms with Crippen LogP contribution in [-0.4, -0.2) is 40.5 Å². The van der Waals surface area contributed by atoms with E-state index >= 15 is 0 Å². The molecule has 1 heterocycles. The molecular formula is C16H22N2O3. The molecule has 0 saturated heterocycles. The standard InChI is InChI=1S/C16H22N2O3/c1-10(2)14(15(20)17-11(3)9-19)18-8-12-6-4-5-7-13(12)16(18)21/h4-7,10-11,14,19H,8-9H2,1-3H3,(H,17,20)/t11-,14-/m0/s1. The van der Waals surface area contributed by atoms with Gasteiger partial charge >= 0.3 is 0 Å². The molecule has 1 aromatic rings. The number of nitrogens with one attached hydrogen (secondary N) is 1. The molecule has 2 rings (SSSR count). The summed E-state index contributed by atoms with van der Waals surface area (Å²) in [6, 6.07) is 6.59. The molecule has 2 N–H and O–H groups in total. The van der Waals surface area contributed by atoms with Gasteiger partial charge in [-0.2, -0.15) is 0 Å². The van der Waals surface area contributed by atoms with Gasteiger partial charge in [-0.25, -0.2) is 0 Å². The Morgan fingerprint density at radius 3 is 2.57 bits per heavy atom. The van der Waals surface area contributed by atoms with Crippen LogP contribution in [0.5, 0.6) is 0 Å². The van der Waals surface area contributed by atoms with E-state index in [9.17, 15) is 9.59 Å². The number of aliphatic hydroxyl groups is 1. The fourth-order valence-corrected chi connectivity index (χ4v) is 2.68. The summed E-state index contributed by atoms with van der Waals surface area (Å²) in [4.78, 5) is 26.5. The van der Waals surface area contributed by atoms with Crippen molar-refractivity contribution in [3.63, 3.8) is 0 Å². The van der Waals surface area contributed by atoms with Crippen LogP contribution < -0.4 is 5.32 Å². The summed E-state index contributed by atoms with van der Waals surface area (Å²) in [7, 11) is 0. The lowest BCUT2D eigenvalue weighted by molar-refractivity contribution is -0.128. The molecule has 0 spiro atoms. The zero-order valence-electron chi connectivity index (χ0n) is 12.7. The van der Waals surface area contributed by atoms with Crippen molar-refractivity contribution in [2.45, 2.75) is 39.4 Å². The number of carbonyl (C=O) groups is 2. The first-order valence-corrected chi connectivity index (χ1v) is 7.25. The highest BCUT2D eigenvalue weighted by molar-refractivity contribution is 6.01. The molecule has 0 unspecified atom stereocenters. The van der Waals surface area contributed by atoms with E-state index in [0.717, 1.165) is 5.56 Å². The Balaban J connectivity index is 2.21. The Hall–Kier alpha value is -1.88. The van der Waals surface area contributed by atoms with Gasteiger partial charge in [0.15, 0.2) is 0 Å². The van der Waals surface area contributed by atoms with Crippen LogP contribution >= 0.6 is 0 Å². The number of hydrogen-bond acceptors (Lipinski definition) is 3. The predicted octanol–water partition coefficient (Wildman–Crippen LogP) is 1.16. The van der Waals surface area contributed by atoms with Crippen LogP contribution in [0.3, 0.4) is 0 Å².